The first kappa shape index (κ1) is 10.9. The monoisotopic (exact) mass is 113 g/mol. The zero-order valence-electron chi connectivity index (χ0n) is 6.20. The van der Waals surface area contributed by atoms with Gasteiger partial charge in [-0.2, -0.15) is 5.54 Å². The fraction of sp³-hybridized carbons (Fsp3) is 0.750. The zero-order valence-corrected chi connectivity index (χ0v) is 5.20. The quantitative estimate of drug-likeness (QED) is 0.322. The predicted octanol–water partition coefficient (Wildman–Crippen LogP) is -2.10. The van der Waals surface area contributed by atoms with Crippen molar-refractivity contribution in [1.29, 1.82) is 0 Å². The summed E-state index contributed by atoms with van der Waals surface area (Å²) in [5, 5.41) is 0. The number of hydrogen-bond acceptors (Lipinski definition) is 1. The first-order chi connectivity index (χ1) is 3.31. The molecule has 0 spiro atoms. The molecule has 8 heavy (non-hydrogen) atoms. The Labute approximate surface area is 61.4 Å². The van der Waals surface area contributed by atoms with Crippen molar-refractivity contribution >= 4 is 5.91 Å². The van der Waals surface area contributed by atoms with Crippen LogP contribution in [0.1, 0.15) is 21.2 Å². The van der Waals surface area contributed by atoms with Crippen LogP contribution in [0.15, 0.2) is 0 Å². The molecule has 0 fully saturated rings. The standard InChI is InChI=1S/C4H8FNO.Li.H/c1-2-3-4(7)6-5;;/h2-3H2,1H3,(H,6,7);;/q;+1;-1. The molecule has 0 aromatic carbocycles. The molecule has 0 aliphatic heterocycles. The molecule has 1 amide bonds. The summed E-state index contributed by atoms with van der Waals surface area (Å²) in [6, 6.07) is 0. The molecule has 0 rings (SSSR count). The van der Waals surface area contributed by atoms with Gasteiger partial charge in [-0.25, -0.2) is 0 Å². The van der Waals surface area contributed by atoms with E-state index >= 15 is 0 Å². The van der Waals surface area contributed by atoms with Crippen molar-refractivity contribution < 1.29 is 29.6 Å². The number of carbonyl (C=O) groups is 1. The topological polar surface area (TPSA) is 29.1 Å². The van der Waals surface area contributed by atoms with Gasteiger partial charge in [0.05, 0.1) is 0 Å². The van der Waals surface area contributed by atoms with Crippen molar-refractivity contribution in [2.24, 2.45) is 0 Å². The van der Waals surface area contributed by atoms with Gasteiger partial charge in [-0.3, -0.25) is 4.79 Å². The maximum atomic E-state index is 11.0. The van der Waals surface area contributed by atoms with Crippen LogP contribution >= 0.6 is 0 Å². The fourth-order valence-electron chi connectivity index (χ4n) is 0.274. The summed E-state index contributed by atoms with van der Waals surface area (Å²) < 4.78 is 11.0. The van der Waals surface area contributed by atoms with Gasteiger partial charge in [0, 0.05) is 6.42 Å². The van der Waals surface area contributed by atoms with Crippen molar-refractivity contribution in [3.05, 3.63) is 0 Å². The van der Waals surface area contributed by atoms with E-state index in [0.717, 1.165) is 5.54 Å². The smallest absolute Gasteiger partial charge is 1.00 e. The normalized spacial score (nSPS) is 7.25. The van der Waals surface area contributed by atoms with Crippen molar-refractivity contribution in [3.8, 4) is 0 Å². The van der Waals surface area contributed by atoms with Gasteiger partial charge < -0.3 is 1.43 Å². The Kier molecular flexibility index (Phi) is 9.52. The maximum Gasteiger partial charge on any atom is 1.00 e. The van der Waals surface area contributed by atoms with E-state index in [1.165, 1.54) is 0 Å². The molecule has 0 bridgehead atoms. The van der Waals surface area contributed by atoms with Gasteiger partial charge in [0.15, 0.2) is 0 Å². The number of halogens is 1. The minimum atomic E-state index is -0.539. The largest absolute Gasteiger partial charge is 1.00 e. The molecule has 0 atom stereocenters. The molecule has 1 N–H and O–H groups in total. The van der Waals surface area contributed by atoms with Gasteiger partial charge in [0.1, 0.15) is 0 Å². The van der Waals surface area contributed by atoms with Crippen LogP contribution in [0.25, 0.3) is 0 Å². The van der Waals surface area contributed by atoms with Crippen LogP contribution in [-0.4, -0.2) is 5.91 Å². The number of amides is 1. The van der Waals surface area contributed by atoms with E-state index in [0.29, 0.717) is 6.42 Å². The molecule has 0 aromatic rings. The molecule has 44 valence electrons. The number of rotatable bonds is 2. The average molecular weight is 113 g/mol. The molecule has 0 saturated carbocycles. The Morgan fingerprint density at radius 2 is 2.38 bits per heavy atom. The van der Waals surface area contributed by atoms with Crippen LogP contribution in [0.4, 0.5) is 4.48 Å². The summed E-state index contributed by atoms with van der Waals surface area (Å²) in [5.74, 6) is -0.539. The molecule has 0 aliphatic rings. The van der Waals surface area contributed by atoms with Crippen LogP contribution in [0.3, 0.4) is 0 Å². The van der Waals surface area contributed by atoms with Crippen LogP contribution in [0.2, 0.25) is 0 Å². The van der Waals surface area contributed by atoms with Gasteiger partial charge in [-0.05, 0) is 6.42 Å². The van der Waals surface area contributed by atoms with E-state index in [9.17, 15) is 9.28 Å². The molecule has 2 nitrogen and oxygen atoms in total. The van der Waals surface area contributed by atoms with Gasteiger partial charge in [-0.15, -0.1) is 4.48 Å². The third-order valence-corrected chi connectivity index (χ3v) is 0.582. The van der Waals surface area contributed by atoms with Crippen LogP contribution in [0, 0.1) is 0 Å². The minimum Gasteiger partial charge on any atom is -1.00 e. The van der Waals surface area contributed by atoms with Gasteiger partial charge in [0.25, 0.3) is 0 Å². The maximum absolute atomic E-state index is 11.0. The van der Waals surface area contributed by atoms with E-state index in [-0.39, 0.29) is 26.7 Å². The van der Waals surface area contributed by atoms with Crippen molar-refractivity contribution in [2.45, 2.75) is 19.8 Å². The van der Waals surface area contributed by atoms with Gasteiger partial charge >= 0.3 is 18.9 Å². The Balaban J connectivity index is -0.000000180. The number of carbonyl (C=O) groups excluding carboxylic acids is 1. The summed E-state index contributed by atoms with van der Waals surface area (Å²) in [7, 11) is 0. The Hall–Kier alpha value is -0.00260. The SMILES string of the molecule is CCCC(=O)NF.[H-].[Li+]. The molecule has 4 heteroatoms. The Morgan fingerprint density at radius 3 is 2.50 bits per heavy atom. The zero-order chi connectivity index (χ0) is 5.70. The first-order valence-corrected chi connectivity index (χ1v) is 2.20. The minimum absolute atomic E-state index is 0. The second kappa shape index (κ2) is 7.00. The second-order valence-corrected chi connectivity index (χ2v) is 1.27. The third-order valence-electron chi connectivity index (χ3n) is 0.582. The summed E-state index contributed by atoms with van der Waals surface area (Å²) in [6.45, 7) is 1.81. The molecular weight excluding hydrogens is 104 g/mol. The van der Waals surface area contributed by atoms with Crippen molar-refractivity contribution in [3.63, 3.8) is 0 Å². The average Bonchev–Trinajstić information content (AvgIpc) is 1.68. The molecule has 0 unspecified atom stereocenters. The Morgan fingerprint density at radius 1 is 1.88 bits per heavy atom. The summed E-state index contributed by atoms with van der Waals surface area (Å²) in [4.78, 5) is 9.93. The van der Waals surface area contributed by atoms with Crippen LogP contribution < -0.4 is 24.4 Å². The number of hydrogen-bond donors (Lipinski definition) is 1. The van der Waals surface area contributed by atoms with Crippen LogP contribution in [-0.2, 0) is 4.79 Å². The summed E-state index contributed by atoms with van der Waals surface area (Å²) in [5.41, 5.74) is 1.03. The third kappa shape index (κ3) is 6.00. The van der Waals surface area contributed by atoms with E-state index < -0.39 is 5.91 Å². The van der Waals surface area contributed by atoms with E-state index in [1.807, 2.05) is 6.92 Å². The molecule has 0 aromatic heterocycles. The Bertz CT molecular complexity index is 73.6. The summed E-state index contributed by atoms with van der Waals surface area (Å²) >= 11 is 0. The molecule has 0 saturated heterocycles. The number of nitrogens with one attached hydrogen (secondary N) is 1. The van der Waals surface area contributed by atoms with Gasteiger partial charge in [0.2, 0.25) is 5.91 Å². The van der Waals surface area contributed by atoms with E-state index in [1.54, 1.807) is 0 Å². The molecular formula is C4H9FLiNO. The predicted molar refractivity (Wildman–Crippen MR) is 25.3 cm³/mol. The van der Waals surface area contributed by atoms with E-state index in [4.69, 9.17) is 0 Å². The fourth-order valence-corrected chi connectivity index (χ4v) is 0.274. The van der Waals surface area contributed by atoms with Crippen molar-refractivity contribution in [2.75, 3.05) is 0 Å². The van der Waals surface area contributed by atoms with Crippen molar-refractivity contribution in [1.82, 2.24) is 5.54 Å². The molecule has 0 aliphatic carbocycles. The molecule has 0 radical (unpaired) electrons. The molecule has 0 heterocycles. The van der Waals surface area contributed by atoms with E-state index in [2.05, 4.69) is 0 Å². The summed E-state index contributed by atoms with van der Waals surface area (Å²) in [6.07, 6.45) is 0.965. The first-order valence-electron chi connectivity index (χ1n) is 2.20. The van der Waals surface area contributed by atoms with Gasteiger partial charge in [-0.1, -0.05) is 6.92 Å². The van der Waals surface area contributed by atoms with Crippen LogP contribution in [0.5, 0.6) is 0 Å². The second-order valence-electron chi connectivity index (χ2n) is 1.27.